The summed E-state index contributed by atoms with van der Waals surface area (Å²) in [6, 6.07) is 11.0. The number of carbonyl (C=O) groups excluding carboxylic acids is 2. The van der Waals surface area contributed by atoms with E-state index in [1.54, 1.807) is 31.3 Å². The van der Waals surface area contributed by atoms with Gasteiger partial charge in [0.25, 0.3) is 5.91 Å². The standard InChI is InChI=1S/C20H22ClN3O5S/c1-22-19(25)12-14-2-5-16(6-3-14)23-20(26)15-4-7-17(21)18(13-15)30(27,28)24-8-10-29-11-9-24/h2-7,13H,8-12H2,1H3,(H,22,25)(H,23,26). The zero-order valence-electron chi connectivity index (χ0n) is 16.4. The van der Waals surface area contributed by atoms with E-state index in [4.69, 9.17) is 16.3 Å². The van der Waals surface area contributed by atoms with Crippen LogP contribution in [0, 0.1) is 0 Å². The quantitative estimate of drug-likeness (QED) is 0.698. The van der Waals surface area contributed by atoms with E-state index >= 15 is 0 Å². The SMILES string of the molecule is CNC(=O)Cc1ccc(NC(=O)c2ccc(Cl)c(S(=O)(=O)N3CCOCC3)c2)cc1. The van der Waals surface area contributed by atoms with Crippen LogP contribution in [-0.2, 0) is 26.0 Å². The predicted molar refractivity (Wildman–Crippen MR) is 113 cm³/mol. The summed E-state index contributed by atoms with van der Waals surface area (Å²) in [5.41, 5.74) is 1.49. The fraction of sp³-hybridized carbons (Fsp3) is 0.300. The molecule has 1 aliphatic heterocycles. The molecule has 0 atom stereocenters. The van der Waals surface area contributed by atoms with Crippen LogP contribution >= 0.6 is 11.6 Å². The van der Waals surface area contributed by atoms with Crippen molar-refractivity contribution in [3.8, 4) is 0 Å². The normalized spacial score (nSPS) is 14.9. The van der Waals surface area contributed by atoms with Crippen molar-refractivity contribution in [2.75, 3.05) is 38.7 Å². The number of ether oxygens (including phenoxy) is 1. The van der Waals surface area contributed by atoms with Gasteiger partial charge in [-0.1, -0.05) is 23.7 Å². The Kier molecular flexibility index (Phi) is 7.09. The third kappa shape index (κ3) is 5.17. The number of anilines is 1. The minimum atomic E-state index is -3.84. The molecule has 1 fully saturated rings. The highest BCUT2D eigenvalue weighted by Gasteiger charge is 2.29. The van der Waals surface area contributed by atoms with Gasteiger partial charge in [0.2, 0.25) is 15.9 Å². The molecule has 2 aromatic rings. The number of hydrogen-bond acceptors (Lipinski definition) is 5. The highest BCUT2D eigenvalue weighted by Crippen LogP contribution is 2.27. The molecule has 0 bridgehead atoms. The molecule has 0 aromatic heterocycles. The fourth-order valence-corrected chi connectivity index (χ4v) is 4.86. The third-order valence-corrected chi connectivity index (χ3v) is 7.02. The fourth-order valence-electron chi connectivity index (χ4n) is 2.95. The molecule has 30 heavy (non-hydrogen) atoms. The van der Waals surface area contributed by atoms with Crippen LogP contribution in [0.3, 0.4) is 0 Å². The van der Waals surface area contributed by atoms with E-state index in [2.05, 4.69) is 10.6 Å². The lowest BCUT2D eigenvalue weighted by molar-refractivity contribution is -0.119. The second-order valence-electron chi connectivity index (χ2n) is 6.66. The van der Waals surface area contributed by atoms with E-state index in [0.29, 0.717) is 18.9 Å². The Bertz CT molecular complexity index is 1030. The Morgan fingerprint density at radius 2 is 1.77 bits per heavy atom. The summed E-state index contributed by atoms with van der Waals surface area (Å²) in [6.07, 6.45) is 0.241. The number of nitrogens with one attached hydrogen (secondary N) is 2. The number of sulfonamides is 1. The number of carbonyl (C=O) groups is 2. The van der Waals surface area contributed by atoms with Gasteiger partial charge in [-0.25, -0.2) is 8.42 Å². The Balaban J connectivity index is 1.77. The van der Waals surface area contributed by atoms with E-state index in [1.807, 2.05) is 0 Å². The maximum absolute atomic E-state index is 12.9. The van der Waals surface area contributed by atoms with Crippen molar-refractivity contribution in [2.45, 2.75) is 11.3 Å². The lowest BCUT2D eigenvalue weighted by atomic mass is 10.1. The summed E-state index contributed by atoms with van der Waals surface area (Å²) in [6.45, 7) is 1.09. The molecule has 10 heteroatoms. The molecule has 0 saturated carbocycles. The number of hydrogen-bond donors (Lipinski definition) is 2. The summed E-state index contributed by atoms with van der Waals surface area (Å²) in [5.74, 6) is -0.578. The zero-order valence-corrected chi connectivity index (χ0v) is 17.9. The van der Waals surface area contributed by atoms with Crippen molar-refractivity contribution in [1.82, 2.24) is 9.62 Å². The molecular weight excluding hydrogens is 430 g/mol. The number of amides is 2. The second kappa shape index (κ2) is 9.57. The maximum atomic E-state index is 12.9. The van der Waals surface area contributed by atoms with Crippen LogP contribution in [0.5, 0.6) is 0 Å². The molecule has 160 valence electrons. The van der Waals surface area contributed by atoms with E-state index in [9.17, 15) is 18.0 Å². The molecule has 0 aliphatic carbocycles. The van der Waals surface area contributed by atoms with Gasteiger partial charge in [-0.15, -0.1) is 0 Å². The van der Waals surface area contributed by atoms with Crippen LogP contribution in [0.1, 0.15) is 15.9 Å². The lowest BCUT2D eigenvalue weighted by Gasteiger charge is -2.26. The van der Waals surface area contributed by atoms with E-state index in [1.165, 1.54) is 22.5 Å². The van der Waals surface area contributed by atoms with Gasteiger partial charge in [-0.2, -0.15) is 4.31 Å². The van der Waals surface area contributed by atoms with Crippen LogP contribution in [0.4, 0.5) is 5.69 Å². The van der Waals surface area contributed by atoms with E-state index < -0.39 is 15.9 Å². The Hall–Kier alpha value is -2.46. The number of nitrogens with zero attached hydrogens (tertiary/aromatic N) is 1. The molecule has 3 rings (SSSR count). The van der Waals surface area contributed by atoms with Gasteiger partial charge in [-0.3, -0.25) is 9.59 Å². The largest absolute Gasteiger partial charge is 0.379 e. The molecule has 2 N–H and O–H groups in total. The number of halogens is 1. The van der Waals surface area contributed by atoms with Crippen LogP contribution in [0.2, 0.25) is 5.02 Å². The van der Waals surface area contributed by atoms with Crippen molar-refractivity contribution in [3.63, 3.8) is 0 Å². The average molecular weight is 452 g/mol. The highest BCUT2D eigenvalue weighted by atomic mass is 35.5. The van der Waals surface area contributed by atoms with Crippen LogP contribution in [0.25, 0.3) is 0 Å². The monoisotopic (exact) mass is 451 g/mol. The van der Waals surface area contributed by atoms with Crippen LogP contribution < -0.4 is 10.6 Å². The average Bonchev–Trinajstić information content (AvgIpc) is 2.75. The molecule has 1 saturated heterocycles. The first-order chi connectivity index (χ1) is 14.3. The molecule has 8 nitrogen and oxygen atoms in total. The molecule has 2 amide bonds. The van der Waals surface area contributed by atoms with Gasteiger partial charge in [0, 0.05) is 31.4 Å². The van der Waals surface area contributed by atoms with Crippen LogP contribution in [0.15, 0.2) is 47.4 Å². The molecule has 0 unspecified atom stereocenters. The minimum absolute atomic E-state index is 0.0524. The summed E-state index contributed by atoms with van der Waals surface area (Å²) in [4.78, 5) is 24.0. The first kappa shape index (κ1) is 22.2. The molecule has 0 radical (unpaired) electrons. The molecule has 1 heterocycles. The molecule has 0 spiro atoms. The molecule has 2 aromatic carbocycles. The second-order valence-corrected chi connectivity index (χ2v) is 8.98. The minimum Gasteiger partial charge on any atom is -0.379 e. The predicted octanol–water partition coefficient (Wildman–Crippen LogP) is 1.90. The van der Waals surface area contributed by atoms with E-state index in [0.717, 1.165) is 5.56 Å². The van der Waals surface area contributed by atoms with Crippen LogP contribution in [-0.4, -0.2) is 57.9 Å². The third-order valence-electron chi connectivity index (χ3n) is 4.64. The summed E-state index contributed by atoms with van der Waals surface area (Å²) >= 11 is 6.13. The first-order valence-corrected chi connectivity index (χ1v) is 11.1. The smallest absolute Gasteiger partial charge is 0.255 e. The number of likely N-dealkylation sites (N-methyl/N-ethyl adjacent to an activating group) is 1. The Morgan fingerprint density at radius 3 is 2.40 bits per heavy atom. The van der Waals surface area contributed by atoms with Crippen molar-refractivity contribution in [1.29, 1.82) is 0 Å². The summed E-state index contributed by atoms with van der Waals surface area (Å²) in [7, 11) is -2.27. The van der Waals surface area contributed by atoms with Crippen molar-refractivity contribution >= 4 is 39.1 Å². The van der Waals surface area contributed by atoms with Crippen molar-refractivity contribution in [2.24, 2.45) is 0 Å². The molecular formula is C20H22ClN3O5S. The Morgan fingerprint density at radius 1 is 1.10 bits per heavy atom. The lowest BCUT2D eigenvalue weighted by Crippen LogP contribution is -2.40. The molecule has 1 aliphatic rings. The zero-order chi connectivity index (χ0) is 21.7. The summed E-state index contributed by atoms with van der Waals surface area (Å²) < 4.78 is 32.3. The van der Waals surface area contributed by atoms with Gasteiger partial charge in [0.05, 0.1) is 24.7 Å². The van der Waals surface area contributed by atoms with Gasteiger partial charge in [0.1, 0.15) is 4.90 Å². The van der Waals surface area contributed by atoms with Gasteiger partial charge in [0.15, 0.2) is 0 Å². The maximum Gasteiger partial charge on any atom is 0.255 e. The topological polar surface area (TPSA) is 105 Å². The van der Waals surface area contributed by atoms with Crippen molar-refractivity contribution < 1.29 is 22.7 Å². The van der Waals surface area contributed by atoms with Gasteiger partial charge < -0.3 is 15.4 Å². The van der Waals surface area contributed by atoms with Gasteiger partial charge >= 0.3 is 0 Å². The summed E-state index contributed by atoms with van der Waals surface area (Å²) in [5, 5.41) is 5.32. The van der Waals surface area contributed by atoms with Gasteiger partial charge in [-0.05, 0) is 35.9 Å². The van der Waals surface area contributed by atoms with E-state index in [-0.39, 0.29) is 40.9 Å². The number of rotatable bonds is 6. The van der Waals surface area contributed by atoms with Crippen molar-refractivity contribution in [3.05, 3.63) is 58.6 Å². The first-order valence-electron chi connectivity index (χ1n) is 9.29. The number of morpholine rings is 1. The number of benzene rings is 2. The Labute approximate surface area is 180 Å². The highest BCUT2D eigenvalue weighted by molar-refractivity contribution is 7.89.